The molecule has 124 valence electrons. The second-order valence-corrected chi connectivity index (χ2v) is 4.81. The molecule has 0 saturated heterocycles. The van der Waals surface area contributed by atoms with Crippen LogP contribution in [0, 0.1) is 0 Å². The van der Waals surface area contributed by atoms with Crippen LogP contribution in [0.3, 0.4) is 0 Å². The summed E-state index contributed by atoms with van der Waals surface area (Å²) in [6.45, 7) is 2.69. The van der Waals surface area contributed by atoms with Crippen LogP contribution in [0.25, 0.3) is 0 Å². The van der Waals surface area contributed by atoms with E-state index in [1.807, 2.05) is 0 Å². The summed E-state index contributed by atoms with van der Waals surface area (Å²) >= 11 is 0. The van der Waals surface area contributed by atoms with Crippen LogP contribution in [-0.4, -0.2) is 48.6 Å². The minimum Gasteiger partial charge on any atom is -0.498 e. The number of carboxylic acid groups (broad SMARTS) is 2. The van der Waals surface area contributed by atoms with Gasteiger partial charge in [0.1, 0.15) is 26.4 Å². The molecule has 2 N–H and O–H groups in total. The summed E-state index contributed by atoms with van der Waals surface area (Å²) in [6, 6.07) is 0. The van der Waals surface area contributed by atoms with E-state index in [0.29, 0.717) is 0 Å². The summed E-state index contributed by atoms with van der Waals surface area (Å²) in [4.78, 5) is 20.9. The summed E-state index contributed by atoms with van der Waals surface area (Å²) < 4.78 is 30.5. The first-order chi connectivity index (χ1) is 10.3. The highest BCUT2D eigenvalue weighted by atomic mass is 31.1. The molecule has 0 saturated carbocycles. The van der Waals surface area contributed by atoms with Gasteiger partial charge < -0.3 is 19.7 Å². The maximum atomic E-state index is 11.2. The fourth-order valence-corrected chi connectivity index (χ4v) is 1.35. The molecule has 9 nitrogen and oxygen atoms in total. The highest BCUT2D eigenvalue weighted by Gasteiger charge is 2.19. The van der Waals surface area contributed by atoms with E-state index >= 15 is 0 Å². The molecule has 0 heterocycles. The highest BCUT2D eigenvalue weighted by Crippen LogP contribution is 2.22. The number of carbonyl (C=O) groups is 2. The van der Waals surface area contributed by atoms with E-state index < -0.39 is 20.2 Å². The Hall–Kier alpha value is -1.96. The van der Waals surface area contributed by atoms with Gasteiger partial charge in [-0.15, -0.1) is 9.05 Å². The summed E-state index contributed by atoms with van der Waals surface area (Å²) in [5.41, 5.74) is 0.0602. The van der Waals surface area contributed by atoms with Gasteiger partial charge >= 0.3 is 20.2 Å². The number of aliphatic carboxylic acids is 2. The quantitative estimate of drug-likeness (QED) is 0.236. The predicted octanol–water partition coefficient (Wildman–Crippen LogP) is 1.69. The molecule has 22 heavy (non-hydrogen) atoms. The van der Waals surface area contributed by atoms with Crippen molar-refractivity contribution in [2.75, 3.05) is 26.4 Å². The van der Waals surface area contributed by atoms with Gasteiger partial charge in [-0.2, -0.15) is 0 Å². The van der Waals surface area contributed by atoms with E-state index in [1.54, 1.807) is 0 Å². The van der Waals surface area contributed by atoms with Gasteiger partial charge in [-0.25, -0.2) is 9.59 Å². The van der Waals surface area contributed by atoms with Crippen LogP contribution in [0.5, 0.6) is 0 Å². The Kier molecular flexibility index (Phi) is 10.6. The lowest BCUT2D eigenvalue weighted by atomic mass is 10.3. The summed E-state index contributed by atoms with van der Waals surface area (Å²) in [5.74, 6) is -2.19. The first-order valence-corrected chi connectivity index (χ1v) is 7.20. The number of hydrogen-bond acceptors (Lipinski definition) is 7. The average Bonchev–Trinajstić information content (AvgIpc) is 2.45. The highest BCUT2D eigenvalue weighted by molar-refractivity contribution is 7.33. The van der Waals surface area contributed by atoms with Crippen LogP contribution in [0.15, 0.2) is 23.7 Å². The molecule has 0 aromatic heterocycles. The van der Waals surface area contributed by atoms with Crippen LogP contribution in [-0.2, 0) is 32.7 Å². The van der Waals surface area contributed by atoms with Gasteiger partial charge in [0.15, 0.2) is 0 Å². The molecule has 0 amide bonds. The smallest absolute Gasteiger partial charge is 0.498 e. The molecule has 0 aliphatic rings. The van der Waals surface area contributed by atoms with Gasteiger partial charge in [0.2, 0.25) is 0 Å². The fourth-order valence-electron chi connectivity index (χ4n) is 0.826. The maximum absolute atomic E-state index is 11.2. The molecule has 0 aliphatic heterocycles. The molecular weight excluding hydrogens is 319 g/mol. The molecule has 0 rings (SSSR count). The number of carboxylic acids is 2. The topological polar surface area (TPSA) is 129 Å². The van der Waals surface area contributed by atoms with Gasteiger partial charge in [-0.1, -0.05) is 0 Å². The van der Waals surface area contributed by atoms with Crippen molar-refractivity contribution in [1.82, 2.24) is 0 Å². The van der Waals surface area contributed by atoms with Crippen molar-refractivity contribution in [2.24, 2.45) is 0 Å². The molecular formula is C12H18O9P+. The fraction of sp³-hybridized carbons (Fsp3) is 0.500. The maximum Gasteiger partial charge on any atom is 0.697 e. The molecule has 0 fully saturated rings. The number of rotatable bonds is 12. The Bertz CT molecular complexity index is 416. The van der Waals surface area contributed by atoms with Crippen LogP contribution < -0.4 is 0 Å². The average molecular weight is 337 g/mol. The predicted molar refractivity (Wildman–Crippen MR) is 74.2 cm³/mol. The van der Waals surface area contributed by atoms with Crippen molar-refractivity contribution in [2.45, 2.75) is 13.8 Å². The third-order valence-corrected chi connectivity index (χ3v) is 2.78. The monoisotopic (exact) mass is 337 g/mol. The SMILES string of the molecule is CC(=COCCO[P+](=O)OCCOC=C(C)C(=O)O)C(=O)O. The molecule has 10 heteroatoms. The third-order valence-electron chi connectivity index (χ3n) is 1.99. The van der Waals surface area contributed by atoms with Gasteiger partial charge in [-0.05, 0) is 13.8 Å². The molecule has 0 spiro atoms. The minimum atomic E-state index is -2.35. The normalized spacial score (nSPS) is 12.7. The second-order valence-electron chi connectivity index (χ2n) is 3.84. The minimum absolute atomic E-state index is 0.0199. The van der Waals surface area contributed by atoms with E-state index in [4.69, 9.17) is 28.7 Å². The Morgan fingerprint density at radius 2 is 1.23 bits per heavy atom. The molecule has 0 aliphatic carbocycles. The zero-order valence-electron chi connectivity index (χ0n) is 12.2. The van der Waals surface area contributed by atoms with Crippen LogP contribution in [0.1, 0.15) is 13.8 Å². The molecule has 0 aromatic carbocycles. The first kappa shape index (κ1) is 20.0. The van der Waals surface area contributed by atoms with E-state index in [0.717, 1.165) is 12.5 Å². The standard InChI is InChI=1S/C12H17O9P/c1-9(11(13)14)7-18-3-5-20-22(17)21-6-4-19-8-10(2)12(15)16/h7-8H,3-6H2,1-2H3,(H-,13,14,15,16)/p+1. The van der Waals surface area contributed by atoms with E-state index in [9.17, 15) is 14.2 Å². The lowest BCUT2D eigenvalue weighted by molar-refractivity contribution is -0.133. The van der Waals surface area contributed by atoms with Gasteiger partial charge in [0.25, 0.3) is 0 Å². The summed E-state index contributed by atoms with van der Waals surface area (Å²) in [7, 11) is -2.35. The number of ether oxygens (including phenoxy) is 2. The lowest BCUT2D eigenvalue weighted by Crippen LogP contribution is -2.03. The third kappa shape index (κ3) is 10.8. The molecule has 0 aromatic rings. The summed E-state index contributed by atoms with van der Waals surface area (Å²) in [6.07, 6.45) is 2.12. The van der Waals surface area contributed by atoms with Crippen molar-refractivity contribution < 1.29 is 42.9 Å². The van der Waals surface area contributed by atoms with E-state index in [-0.39, 0.29) is 37.6 Å². The van der Waals surface area contributed by atoms with Crippen molar-refractivity contribution in [3.63, 3.8) is 0 Å². The van der Waals surface area contributed by atoms with E-state index in [2.05, 4.69) is 0 Å². The van der Waals surface area contributed by atoms with Crippen molar-refractivity contribution >= 4 is 20.2 Å². The van der Waals surface area contributed by atoms with E-state index in [1.165, 1.54) is 13.8 Å². The van der Waals surface area contributed by atoms with Gasteiger partial charge in [0.05, 0.1) is 23.7 Å². The largest absolute Gasteiger partial charge is 0.697 e. The first-order valence-electron chi connectivity index (χ1n) is 6.11. The second kappa shape index (κ2) is 11.7. The molecule has 0 bridgehead atoms. The Balaban J connectivity index is 3.63. The van der Waals surface area contributed by atoms with Gasteiger partial charge in [-0.3, -0.25) is 0 Å². The zero-order valence-corrected chi connectivity index (χ0v) is 13.1. The molecule has 0 unspecified atom stereocenters. The zero-order chi connectivity index (χ0) is 17.0. The van der Waals surface area contributed by atoms with Crippen LogP contribution in [0.4, 0.5) is 0 Å². The van der Waals surface area contributed by atoms with Crippen LogP contribution in [0.2, 0.25) is 0 Å². The van der Waals surface area contributed by atoms with Crippen molar-refractivity contribution in [3.05, 3.63) is 23.7 Å². The molecule has 0 radical (unpaired) electrons. The Morgan fingerprint density at radius 1 is 0.864 bits per heavy atom. The lowest BCUT2D eigenvalue weighted by Gasteiger charge is -1.98. The molecule has 0 atom stereocenters. The number of hydrogen-bond donors (Lipinski definition) is 2. The van der Waals surface area contributed by atoms with Crippen LogP contribution >= 0.6 is 8.25 Å². The summed E-state index contributed by atoms with van der Waals surface area (Å²) in [5, 5.41) is 17.1. The van der Waals surface area contributed by atoms with Gasteiger partial charge in [0, 0.05) is 4.57 Å². The van der Waals surface area contributed by atoms with Crippen molar-refractivity contribution in [3.8, 4) is 0 Å². The Labute approximate surface area is 128 Å². The Morgan fingerprint density at radius 3 is 1.55 bits per heavy atom. The van der Waals surface area contributed by atoms with Crippen molar-refractivity contribution in [1.29, 1.82) is 0 Å².